The van der Waals surface area contributed by atoms with Crippen molar-refractivity contribution in [3.05, 3.63) is 47.7 Å². The summed E-state index contributed by atoms with van der Waals surface area (Å²) in [5.74, 6) is -1.96. The van der Waals surface area contributed by atoms with Gasteiger partial charge in [0.25, 0.3) is 0 Å². The Labute approximate surface area is 204 Å². The van der Waals surface area contributed by atoms with Gasteiger partial charge in [-0.05, 0) is 55.9 Å². The normalized spacial score (nSPS) is 12.1. The molecule has 190 valence electrons. The van der Waals surface area contributed by atoms with E-state index in [4.69, 9.17) is 4.74 Å². The van der Waals surface area contributed by atoms with Crippen LogP contribution in [-0.4, -0.2) is 17.8 Å². The van der Waals surface area contributed by atoms with Crippen molar-refractivity contribution >= 4 is 0 Å². The van der Waals surface area contributed by atoms with Gasteiger partial charge in [-0.15, -0.1) is 0 Å². The number of benzene rings is 1. The highest BCUT2D eigenvalue weighted by Crippen LogP contribution is 2.29. The topological polar surface area (TPSA) is 22.1 Å². The van der Waals surface area contributed by atoms with Gasteiger partial charge in [0.05, 0.1) is 12.3 Å². The number of aromatic nitrogens is 1. The molecule has 1 aromatic carbocycles. The summed E-state index contributed by atoms with van der Waals surface area (Å²) in [6, 6.07) is 6.55. The third-order valence-electron chi connectivity index (χ3n) is 6.26. The van der Waals surface area contributed by atoms with Crippen LogP contribution in [0.2, 0.25) is 0 Å². The van der Waals surface area contributed by atoms with Gasteiger partial charge >= 0.3 is 0 Å². The van der Waals surface area contributed by atoms with Crippen LogP contribution in [0.1, 0.15) is 103 Å². The van der Waals surface area contributed by atoms with Crippen molar-refractivity contribution in [2.45, 2.75) is 110 Å². The molecule has 0 bridgehead atoms. The first-order chi connectivity index (χ1) is 16.6. The van der Waals surface area contributed by atoms with E-state index in [9.17, 15) is 13.2 Å². The predicted octanol–water partition coefficient (Wildman–Crippen LogP) is 9.40. The van der Waals surface area contributed by atoms with Gasteiger partial charge in [0.2, 0.25) is 5.82 Å². The Morgan fingerprint density at radius 3 is 2.15 bits per heavy atom. The van der Waals surface area contributed by atoms with E-state index in [-0.39, 0.29) is 11.3 Å². The average molecular weight is 478 g/mol. The van der Waals surface area contributed by atoms with Gasteiger partial charge in [0.1, 0.15) is 6.17 Å². The molecule has 1 atom stereocenters. The first kappa shape index (κ1) is 28.2. The molecule has 0 aliphatic heterocycles. The monoisotopic (exact) mass is 477 g/mol. The molecule has 2 rings (SSSR count). The van der Waals surface area contributed by atoms with Gasteiger partial charge in [-0.2, -0.15) is 4.39 Å². The van der Waals surface area contributed by atoms with Crippen LogP contribution >= 0.6 is 0 Å². The number of hydrogen-bond donors (Lipinski definition) is 0. The zero-order chi connectivity index (χ0) is 24.6. The van der Waals surface area contributed by atoms with Crippen molar-refractivity contribution in [3.63, 3.8) is 0 Å². The molecule has 34 heavy (non-hydrogen) atoms. The number of aryl methyl sites for hydroxylation is 1. The SMILES string of the molecule is CCCCCCCCOc1ccc(-c2ccc(CCCC(F)CCCCCC)cn2)c(F)c1F. The average Bonchev–Trinajstić information content (AvgIpc) is 2.84. The van der Waals surface area contributed by atoms with E-state index in [0.29, 0.717) is 25.1 Å². The fourth-order valence-corrected chi connectivity index (χ4v) is 4.10. The molecule has 0 aliphatic carbocycles. The summed E-state index contributed by atoms with van der Waals surface area (Å²) in [5, 5.41) is 0. The van der Waals surface area contributed by atoms with Crippen LogP contribution in [0, 0.1) is 11.6 Å². The Hall–Kier alpha value is -2.04. The zero-order valence-electron chi connectivity index (χ0n) is 21.1. The fraction of sp³-hybridized carbons (Fsp3) is 0.621. The van der Waals surface area contributed by atoms with E-state index in [1.165, 1.54) is 37.8 Å². The van der Waals surface area contributed by atoms with E-state index in [1.807, 2.05) is 6.07 Å². The van der Waals surface area contributed by atoms with E-state index in [0.717, 1.165) is 56.9 Å². The summed E-state index contributed by atoms with van der Waals surface area (Å²) in [4.78, 5) is 4.32. The predicted molar refractivity (Wildman–Crippen MR) is 135 cm³/mol. The van der Waals surface area contributed by atoms with Gasteiger partial charge in [0.15, 0.2) is 11.6 Å². The fourth-order valence-electron chi connectivity index (χ4n) is 4.10. The number of nitrogens with zero attached hydrogens (tertiary/aromatic N) is 1. The lowest BCUT2D eigenvalue weighted by Crippen LogP contribution is -2.02. The second kappa shape index (κ2) is 16.6. The van der Waals surface area contributed by atoms with Crippen LogP contribution in [0.15, 0.2) is 30.5 Å². The standard InChI is InChI=1S/C29H42F3NO/c1-3-5-7-9-10-12-21-34-27-20-18-25(28(31)29(27)32)26-19-17-23(22-33-26)14-13-16-24(30)15-11-8-6-4-2/h17-20,22,24H,3-16,21H2,1-2H3. The molecule has 0 saturated heterocycles. The first-order valence-electron chi connectivity index (χ1n) is 13.3. The molecule has 2 nitrogen and oxygen atoms in total. The maximum atomic E-state index is 14.7. The number of ether oxygens (including phenoxy) is 1. The number of alkyl halides is 1. The molecule has 0 saturated carbocycles. The number of halogens is 3. The van der Waals surface area contributed by atoms with Crippen LogP contribution in [0.25, 0.3) is 11.3 Å². The molecular weight excluding hydrogens is 435 g/mol. The minimum absolute atomic E-state index is 0.0538. The zero-order valence-corrected chi connectivity index (χ0v) is 21.1. The van der Waals surface area contributed by atoms with Crippen LogP contribution in [-0.2, 0) is 6.42 Å². The maximum Gasteiger partial charge on any atom is 0.201 e. The lowest BCUT2D eigenvalue weighted by Gasteiger charge is -2.11. The van der Waals surface area contributed by atoms with Crippen molar-refractivity contribution in [2.75, 3.05) is 6.61 Å². The molecule has 0 fully saturated rings. The largest absolute Gasteiger partial charge is 0.490 e. The maximum absolute atomic E-state index is 14.7. The Morgan fingerprint density at radius 1 is 0.765 bits per heavy atom. The minimum Gasteiger partial charge on any atom is -0.490 e. The summed E-state index contributed by atoms with van der Waals surface area (Å²) in [6.45, 7) is 4.71. The summed E-state index contributed by atoms with van der Waals surface area (Å²) in [7, 11) is 0. The molecular formula is C29H42F3NO. The van der Waals surface area contributed by atoms with Gasteiger partial charge < -0.3 is 4.74 Å². The van der Waals surface area contributed by atoms with Gasteiger partial charge in [-0.1, -0.05) is 77.7 Å². The lowest BCUT2D eigenvalue weighted by molar-refractivity contribution is 0.282. The Morgan fingerprint density at radius 2 is 1.44 bits per heavy atom. The van der Waals surface area contributed by atoms with Crippen molar-refractivity contribution in [2.24, 2.45) is 0 Å². The Kier molecular flexibility index (Phi) is 13.7. The minimum atomic E-state index is -0.970. The third-order valence-corrected chi connectivity index (χ3v) is 6.26. The van der Waals surface area contributed by atoms with Crippen LogP contribution in [0.5, 0.6) is 5.75 Å². The third kappa shape index (κ3) is 10.1. The quantitative estimate of drug-likeness (QED) is 0.199. The highest BCUT2D eigenvalue weighted by Gasteiger charge is 2.16. The molecule has 0 spiro atoms. The smallest absolute Gasteiger partial charge is 0.201 e. The van der Waals surface area contributed by atoms with Crippen molar-refractivity contribution in [3.8, 4) is 17.0 Å². The van der Waals surface area contributed by atoms with Crippen molar-refractivity contribution < 1.29 is 17.9 Å². The van der Waals surface area contributed by atoms with Crippen LogP contribution in [0.3, 0.4) is 0 Å². The van der Waals surface area contributed by atoms with Crippen molar-refractivity contribution in [1.82, 2.24) is 4.98 Å². The first-order valence-corrected chi connectivity index (χ1v) is 13.3. The molecule has 1 aromatic heterocycles. The van der Waals surface area contributed by atoms with Crippen molar-refractivity contribution in [1.29, 1.82) is 0 Å². The molecule has 1 unspecified atom stereocenters. The molecule has 2 aromatic rings. The van der Waals surface area contributed by atoms with E-state index in [2.05, 4.69) is 18.8 Å². The second-order valence-corrected chi connectivity index (χ2v) is 9.25. The van der Waals surface area contributed by atoms with E-state index < -0.39 is 17.8 Å². The second-order valence-electron chi connectivity index (χ2n) is 9.25. The van der Waals surface area contributed by atoms with E-state index >= 15 is 0 Å². The van der Waals surface area contributed by atoms with Crippen LogP contribution in [0.4, 0.5) is 13.2 Å². The molecule has 0 N–H and O–H groups in total. The Bertz CT molecular complexity index is 810. The number of rotatable bonds is 18. The molecule has 0 aliphatic rings. The lowest BCUT2D eigenvalue weighted by atomic mass is 10.0. The van der Waals surface area contributed by atoms with E-state index in [1.54, 1.807) is 12.3 Å². The summed E-state index contributed by atoms with van der Waals surface area (Å²) < 4.78 is 48.6. The Balaban J connectivity index is 1.80. The summed E-state index contributed by atoms with van der Waals surface area (Å²) >= 11 is 0. The number of hydrogen-bond acceptors (Lipinski definition) is 2. The summed E-state index contributed by atoms with van der Waals surface area (Å²) in [5.41, 5.74) is 1.47. The van der Waals surface area contributed by atoms with Gasteiger partial charge in [-0.3, -0.25) is 4.98 Å². The highest BCUT2D eigenvalue weighted by atomic mass is 19.2. The highest BCUT2D eigenvalue weighted by molar-refractivity contribution is 5.61. The van der Waals surface area contributed by atoms with Gasteiger partial charge in [-0.25, -0.2) is 8.78 Å². The van der Waals surface area contributed by atoms with Crippen LogP contribution < -0.4 is 4.74 Å². The molecule has 0 amide bonds. The number of pyridine rings is 1. The molecule has 0 radical (unpaired) electrons. The number of unbranched alkanes of at least 4 members (excludes halogenated alkanes) is 8. The van der Waals surface area contributed by atoms with Gasteiger partial charge in [0, 0.05) is 11.8 Å². The molecule has 1 heterocycles. The molecule has 5 heteroatoms. The summed E-state index contributed by atoms with van der Waals surface area (Å²) in [6.07, 6.45) is 14.6.